The summed E-state index contributed by atoms with van der Waals surface area (Å²) in [5.74, 6) is -1.48. The Kier molecular flexibility index (Phi) is 5.67. The van der Waals surface area contributed by atoms with Crippen LogP contribution in [0.15, 0.2) is 18.2 Å². The monoisotopic (exact) mass is 312 g/mol. The van der Waals surface area contributed by atoms with Crippen LogP contribution < -0.4 is 0 Å². The van der Waals surface area contributed by atoms with Crippen molar-refractivity contribution in [2.75, 3.05) is 19.8 Å². The van der Waals surface area contributed by atoms with Crippen LogP contribution in [0.2, 0.25) is 0 Å². The van der Waals surface area contributed by atoms with Gasteiger partial charge in [0, 0.05) is 22.3 Å². The molecule has 1 aromatic carbocycles. The van der Waals surface area contributed by atoms with Gasteiger partial charge < -0.3 is 14.6 Å². The molecule has 0 unspecified atom stereocenters. The first kappa shape index (κ1) is 15.9. The number of benzene rings is 1. The minimum absolute atomic E-state index is 0.0675. The molecule has 2 aromatic rings. The Morgan fingerprint density at radius 1 is 1.29 bits per heavy atom. The Labute approximate surface area is 126 Å². The van der Waals surface area contributed by atoms with Gasteiger partial charge in [-0.25, -0.2) is 9.18 Å². The number of hydrogen-bond acceptors (Lipinski definition) is 4. The third-order valence-electron chi connectivity index (χ3n) is 2.92. The number of carboxylic acids is 1. The first-order valence-electron chi connectivity index (χ1n) is 6.73. The Morgan fingerprint density at radius 3 is 2.76 bits per heavy atom. The summed E-state index contributed by atoms with van der Waals surface area (Å²) in [6, 6.07) is 4.61. The van der Waals surface area contributed by atoms with Gasteiger partial charge in [0.05, 0.1) is 19.8 Å². The molecule has 0 atom stereocenters. The zero-order chi connectivity index (χ0) is 15.2. The maximum absolute atomic E-state index is 13.9. The molecule has 21 heavy (non-hydrogen) atoms. The molecule has 0 spiro atoms. The van der Waals surface area contributed by atoms with Gasteiger partial charge in [-0.15, -0.1) is 11.3 Å². The number of hydrogen-bond donors (Lipinski definition) is 1. The van der Waals surface area contributed by atoms with Crippen LogP contribution in [0.3, 0.4) is 0 Å². The van der Waals surface area contributed by atoms with E-state index < -0.39 is 11.8 Å². The summed E-state index contributed by atoms with van der Waals surface area (Å²) in [6.45, 7) is 3.55. The van der Waals surface area contributed by atoms with Crippen molar-refractivity contribution in [3.8, 4) is 0 Å². The van der Waals surface area contributed by atoms with Crippen LogP contribution >= 0.6 is 11.3 Å². The second kappa shape index (κ2) is 7.49. The number of halogens is 1. The molecule has 0 bridgehead atoms. The summed E-state index contributed by atoms with van der Waals surface area (Å²) < 4.78 is 25.3. The molecular weight excluding hydrogens is 295 g/mol. The van der Waals surface area contributed by atoms with E-state index in [0.717, 1.165) is 17.8 Å². The molecule has 1 N–H and O–H groups in total. The Balaban J connectivity index is 2.13. The van der Waals surface area contributed by atoms with Crippen LogP contribution in [0.25, 0.3) is 10.1 Å². The van der Waals surface area contributed by atoms with Gasteiger partial charge in [0.2, 0.25) is 0 Å². The molecule has 0 aliphatic rings. The quantitative estimate of drug-likeness (QED) is 0.755. The van der Waals surface area contributed by atoms with E-state index in [1.54, 1.807) is 12.1 Å². The van der Waals surface area contributed by atoms with Crippen molar-refractivity contribution >= 4 is 27.4 Å². The molecule has 0 radical (unpaired) electrons. The molecule has 1 aromatic heterocycles. The van der Waals surface area contributed by atoms with E-state index >= 15 is 0 Å². The predicted molar refractivity (Wildman–Crippen MR) is 79.5 cm³/mol. The zero-order valence-corrected chi connectivity index (χ0v) is 12.5. The minimum atomic E-state index is -1.06. The Bertz CT molecular complexity index is 623. The van der Waals surface area contributed by atoms with Crippen LogP contribution in [0.1, 0.15) is 28.6 Å². The van der Waals surface area contributed by atoms with E-state index in [-0.39, 0.29) is 11.5 Å². The van der Waals surface area contributed by atoms with Crippen molar-refractivity contribution in [3.05, 3.63) is 34.5 Å². The van der Waals surface area contributed by atoms with E-state index in [0.29, 0.717) is 35.5 Å². The van der Waals surface area contributed by atoms with Crippen LogP contribution in [0.5, 0.6) is 0 Å². The van der Waals surface area contributed by atoms with Crippen molar-refractivity contribution in [1.82, 2.24) is 0 Å². The fourth-order valence-electron chi connectivity index (χ4n) is 2.02. The van der Waals surface area contributed by atoms with Gasteiger partial charge in [-0.2, -0.15) is 0 Å². The summed E-state index contributed by atoms with van der Waals surface area (Å²) in [4.78, 5) is 11.4. The molecule has 114 valence electrons. The van der Waals surface area contributed by atoms with Gasteiger partial charge in [-0.1, -0.05) is 13.0 Å². The summed E-state index contributed by atoms with van der Waals surface area (Å²) in [5, 5.41) is 9.58. The fraction of sp³-hybridized carbons (Fsp3) is 0.400. The highest BCUT2D eigenvalue weighted by Gasteiger charge is 2.20. The number of thiophene rings is 1. The molecule has 6 heteroatoms. The normalized spacial score (nSPS) is 11.1. The fourth-order valence-corrected chi connectivity index (χ4v) is 3.08. The second-order valence-corrected chi connectivity index (χ2v) is 5.55. The van der Waals surface area contributed by atoms with Crippen molar-refractivity contribution in [1.29, 1.82) is 0 Å². The molecule has 0 fully saturated rings. The summed E-state index contributed by atoms with van der Waals surface area (Å²) in [5.41, 5.74) is 0.399. The van der Waals surface area contributed by atoms with Crippen molar-refractivity contribution in [2.45, 2.75) is 20.0 Å². The summed E-state index contributed by atoms with van der Waals surface area (Å²) in [7, 11) is 0. The van der Waals surface area contributed by atoms with Gasteiger partial charge in [0.1, 0.15) is 10.7 Å². The third-order valence-corrected chi connectivity index (χ3v) is 4.11. The smallest absolute Gasteiger partial charge is 0.346 e. The van der Waals surface area contributed by atoms with Crippen LogP contribution in [0.4, 0.5) is 4.39 Å². The highest BCUT2D eigenvalue weighted by molar-refractivity contribution is 7.21. The van der Waals surface area contributed by atoms with Gasteiger partial charge in [0.25, 0.3) is 0 Å². The zero-order valence-electron chi connectivity index (χ0n) is 11.7. The topological polar surface area (TPSA) is 55.8 Å². The van der Waals surface area contributed by atoms with Crippen molar-refractivity contribution in [3.63, 3.8) is 0 Å². The van der Waals surface area contributed by atoms with Gasteiger partial charge >= 0.3 is 5.97 Å². The van der Waals surface area contributed by atoms with Crippen molar-refractivity contribution < 1.29 is 23.8 Å². The lowest BCUT2D eigenvalue weighted by atomic mass is 10.1. The highest BCUT2D eigenvalue weighted by atomic mass is 32.1. The van der Waals surface area contributed by atoms with E-state index in [4.69, 9.17) is 9.47 Å². The molecule has 2 rings (SSSR count). The number of fused-ring (bicyclic) bond motifs is 1. The molecule has 4 nitrogen and oxygen atoms in total. The molecular formula is C15H17FO4S. The molecule has 0 saturated heterocycles. The van der Waals surface area contributed by atoms with Crippen LogP contribution in [0, 0.1) is 5.82 Å². The molecule has 0 aliphatic carbocycles. The minimum Gasteiger partial charge on any atom is -0.477 e. The summed E-state index contributed by atoms with van der Waals surface area (Å²) >= 11 is 1.07. The van der Waals surface area contributed by atoms with Crippen molar-refractivity contribution in [2.24, 2.45) is 0 Å². The largest absolute Gasteiger partial charge is 0.477 e. The predicted octanol–water partition coefficient (Wildman–Crippen LogP) is 3.68. The number of carbonyl (C=O) groups is 1. The molecule has 0 saturated carbocycles. The van der Waals surface area contributed by atoms with E-state index in [1.807, 2.05) is 6.92 Å². The summed E-state index contributed by atoms with van der Waals surface area (Å²) in [6.07, 6.45) is 0.934. The average molecular weight is 312 g/mol. The van der Waals surface area contributed by atoms with E-state index in [1.165, 1.54) is 6.07 Å². The van der Waals surface area contributed by atoms with Crippen LogP contribution in [-0.2, 0) is 16.1 Å². The standard InChI is InChI=1S/C15H17FO4S/c1-2-6-19-7-8-20-9-10-13-11(16)4-3-5-12(13)21-14(10)15(17)18/h3-5H,2,6-9H2,1H3,(H,17,18). The van der Waals surface area contributed by atoms with Crippen LogP contribution in [-0.4, -0.2) is 30.9 Å². The second-order valence-electron chi connectivity index (χ2n) is 4.49. The first-order chi connectivity index (χ1) is 10.1. The lowest BCUT2D eigenvalue weighted by molar-refractivity contribution is 0.0406. The highest BCUT2D eigenvalue weighted by Crippen LogP contribution is 2.33. The maximum atomic E-state index is 13.9. The molecule has 0 aliphatic heterocycles. The lowest BCUT2D eigenvalue weighted by Gasteiger charge is -2.06. The Morgan fingerprint density at radius 2 is 2.05 bits per heavy atom. The van der Waals surface area contributed by atoms with Gasteiger partial charge in [-0.3, -0.25) is 0 Å². The SMILES string of the molecule is CCCOCCOCc1c(C(=O)O)sc2cccc(F)c12. The lowest BCUT2D eigenvalue weighted by Crippen LogP contribution is -2.06. The number of carboxylic acid groups (broad SMARTS) is 1. The number of rotatable bonds is 8. The molecule has 0 amide bonds. The van der Waals surface area contributed by atoms with Gasteiger partial charge in [-0.05, 0) is 18.6 Å². The van der Waals surface area contributed by atoms with E-state index in [2.05, 4.69) is 0 Å². The maximum Gasteiger partial charge on any atom is 0.346 e. The number of ether oxygens (including phenoxy) is 2. The molecule has 1 heterocycles. The number of aromatic carboxylic acids is 1. The van der Waals surface area contributed by atoms with Gasteiger partial charge in [0.15, 0.2) is 0 Å². The third kappa shape index (κ3) is 3.78. The Hall–Kier alpha value is -1.50. The van der Waals surface area contributed by atoms with E-state index in [9.17, 15) is 14.3 Å². The average Bonchev–Trinajstić information content (AvgIpc) is 2.83. The first-order valence-corrected chi connectivity index (χ1v) is 7.55.